The fraction of sp³-hybridized carbons (Fsp3) is 0.632. The Kier molecular flexibility index (Phi) is 6.93. The van der Waals surface area contributed by atoms with E-state index < -0.39 is 6.10 Å². The third-order valence-electron chi connectivity index (χ3n) is 4.73. The number of benzene rings is 1. The van der Waals surface area contributed by atoms with E-state index in [1.807, 2.05) is 32.9 Å². The number of aryl methyl sites for hydroxylation is 2. The maximum atomic E-state index is 12.6. The lowest BCUT2D eigenvalue weighted by molar-refractivity contribution is -0.129. The van der Waals surface area contributed by atoms with Crippen LogP contribution in [0.2, 0.25) is 5.02 Å². The molecular formula is C19H29ClN2O2. The Morgan fingerprint density at radius 2 is 1.88 bits per heavy atom. The summed E-state index contributed by atoms with van der Waals surface area (Å²) in [4.78, 5) is 15.0. The molecule has 1 atom stereocenters. The van der Waals surface area contributed by atoms with Crippen molar-refractivity contribution in [2.75, 3.05) is 19.6 Å². The third-order valence-corrected chi connectivity index (χ3v) is 5.33. The lowest BCUT2D eigenvalue weighted by Crippen LogP contribution is -2.48. The SMILES string of the molecule is CCC(Oc1cc(C)c(Cl)c(C)c1)C(=O)NC1CCN(CC)CC1. The van der Waals surface area contributed by atoms with Gasteiger partial charge < -0.3 is 15.0 Å². The van der Waals surface area contributed by atoms with Gasteiger partial charge in [-0.1, -0.05) is 25.4 Å². The van der Waals surface area contributed by atoms with Gasteiger partial charge in [-0.2, -0.15) is 0 Å². The molecule has 0 aliphatic carbocycles. The molecule has 2 rings (SSSR count). The number of ether oxygens (including phenoxy) is 1. The zero-order valence-electron chi connectivity index (χ0n) is 15.2. The molecule has 1 aliphatic rings. The van der Waals surface area contributed by atoms with Crippen LogP contribution in [0.3, 0.4) is 0 Å². The molecule has 5 heteroatoms. The van der Waals surface area contributed by atoms with Gasteiger partial charge in [-0.05, 0) is 62.9 Å². The van der Waals surface area contributed by atoms with Crippen molar-refractivity contribution in [1.29, 1.82) is 0 Å². The number of nitrogens with zero attached hydrogens (tertiary/aromatic N) is 1. The molecule has 0 aromatic heterocycles. The number of carbonyl (C=O) groups excluding carboxylic acids is 1. The number of halogens is 1. The van der Waals surface area contributed by atoms with Crippen molar-refractivity contribution in [3.8, 4) is 5.75 Å². The van der Waals surface area contributed by atoms with E-state index in [4.69, 9.17) is 16.3 Å². The first-order chi connectivity index (χ1) is 11.4. The highest BCUT2D eigenvalue weighted by Gasteiger charge is 2.24. The van der Waals surface area contributed by atoms with Crippen molar-refractivity contribution < 1.29 is 9.53 Å². The van der Waals surface area contributed by atoms with E-state index >= 15 is 0 Å². The molecule has 1 amide bonds. The molecule has 4 nitrogen and oxygen atoms in total. The van der Waals surface area contributed by atoms with E-state index in [1.165, 1.54) is 0 Å². The Morgan fingerprint density at radius 3 is 2.38 bits per heavy atom. The molecule has 1 heterocycles. The van der Waals surface area contributed by atoms with Crippen LogP contribution in [0.4, 0.5) is 0 Å². The number of hydrogen-bond donors (Lipinski definition) is 1. The Bertz CT molecular complexity index is 545. The van der Waals surface area contributed by atoms with E-state index in [2.05, 4.69) is 17.1 Å². The van der Waals surface area contributed by atoms with Crippen LogP contribution in [-0.2, 0) is 4.79 Å². The molecule has 1 saturated heterocycles. The van der Waals surface area contributed by atoms with Crippen molar-refractivity contribution in [3.63, 3.8) is 0 Å². The van der Waals surface area contributed by atoms with Gasteiger partial charge >= 0.3 is 0 Å². The summed E-state index contributed by atoms with van der Waals surface area (Å²) in [6.07, 6.45) is 2.19. The minimum Gasteiger partial charge on any atom is -0.481 e. The van der Waals surface area contributed by atoms with Crippen LogP contribution >= 0.6 is 11.6 Å². The predicted octanol–water partition coefficient (Wildman–Crippen LogP) is 3.71. The van der Waals surface area contributed by atoms with Gasteiger partial charge in [0.05, 0.1) is 0 Å². The van der Waals surface area contributed by atoms with E-state index in [0.29, 0.717) is 12.2 Å². The van der Waals surface area contributed by atoms with Crippen LogP contribution in [0, 0.1) is 13.8 Å². The van der Waals surface area contributed by atoms with Gasteiger partial charge in [-0.25, -0.2) is 0 Å². The molecule has 0 saturated carbocycles. The van der Waals surface area contributed by atoms with Gasteiger partial charge in [-0.3, -0.25) is 4.79 Å². The molecule has 0 radical (unpaired) electrons. The van der Waals surface area contributed by atoms with Crippen LogP contribution in [0.1, 0.15) is 44.2 Å². The van der Waals surface area contributed by atoms with Crippen molar-refractivity contribution in [1.82, 2.24) is 10.2 Å². The molecule has 1 aromatic carbocycles. The summed E-state index contributed by atoms with van der Waals surface area (Å²) in [6.45, 7) is 11.2. The van der Waals surface area contributed by atoms with Crippen molar-refractivity contribution in [3.05, 3.63) is 28.3 Å². The van der Waals surface area contributed by atoms with Crippen LogP contribution in [0.15, 0.2) is 12.1 Å². The number of piperidine rings is 1. The van der Waals surface area contributed by atoms with E-state index in [0.717, 1.165) is 48.6 Å². The molecule has 1 fully saturated rings. The highest BCUT2D eigenvalue weighted by Crippen LogP contribution is 2.26. The normalized spacial score (nSPS) is 17.5. The molecule has 1 aliphatic heterocycles. The van der Waals surface area contributed by atoms with E-state index in [-0.39, 0.29) is 11.9 Å². The number of amides is 1. The second-order valence-electron chi connectivity index (χ2n) is 6.60. The molecule has 134 valence electrons. The quantitative estimate of drug-likeness (QED) is 0.848. The highest BCUT2D eigenvalue weighted by molar-refractivity contribution is 6.32. The van der Waals surface area contributed by atoms with Crippen molar-refractivity contribution in [2.45, 2.75) is 59.1 Å². The number of rotatable bonds is 6. The lowest BCUT2D eigenvalue weighted by atomic mass is 10.0. The van der Waals surface area contributed by atoms with Crippen LogP contribution < -0.4 is 10.1 Å². The summed E-state index contributed by atoms with van der Waals surface area (Å²) in [5.74, 6) is 0.690. The topological polar surface area (TPSA) is 41.6 Å². The minimum absolute atomic E-state index is 0.0160. The first kappa shape index (κ1) is 19.1. The standard InChI is InChI=1S/C19H29ClN2O2/c1-5-17(24-16-11-13(3)18(20)14(4)12-16)19(23)21-15-7-9-22(6-2)10-8-15/h11-12,15,17H,5-10H2,1-4H3,(H,21,23). The van der Waals surface area contributed by atoms with Gasteiger partial charge in [0.15, 0.2) is 6.10 Å². The third kappa shape index (κ3) is 4.87. The second kappa shape index (κ2) is 8.72. The van der Waals surface area contributed by atoms with E-state index in [9.17, 15) is 4.79 Å². The van der Waals surface area contributed by atoms with Gasteiger partial charge in [-0.15, -0.1) is 0 Å². The fourth-order valence-electron chi connectivity index (χ4n) is 3.15. The summed E-state index contributed by atoms with van der Waals surface area (Å²) in [5.41, 5.74) is 1.93. The first-order valence-electron chi connectivity index (χ1n) is 8.90. The van der Waals surface area contributed by atoms with Gasteiger partial charge in [0.1, 0.15) is 5.75 Å². The average Bonchev–Trinajstić information content (AvgIpc) is 2.58. The van der Waals surface area contributed by atoms with Gasteiger partial charge in [0.25, 0.3) is 5.91 Å². The Labute approximate surface area is 150 Å². The molecule has 24 heavy (non-hydrogen) atoms. The zero-order valence-corrected chi connectivity index (χ0v) is 15.9. The van der Waals surface area contributed by atoms with Crippen LogP contribution in [-0.4, -0.2) is 42.6 Å². The summed E-state index contributed by atoms with van der Waals surface area (Å²) in [6, 6.07) is 4.04. The molecule has 0 bridgehead atoms. The number of carbonyl (C=O) groups is 1. The largest absolute Gasteiger partial charge is 0.481 e. The Balaban J connectivity index is 1.94. The second-order valence-corrected chi connectivity index (χ2v) is 6.98. The summed E-state index contributed by atoms with van der Waals surface area (Å²) >= 11 is 6.20. The first-order valence-corrected chi connectivity index (χ1v) is 9.28. The predicted molar refractivity (Wildman–Crippen MR) is 98.9 cm³/mol. The Morgan fingerprint density at radius 1 is 1.29 bits per heavy atom. The minimum atomic E-state index is -0.464. The van der Waals surface area contributed by atoms with Crippen LogP contribution in [0.5, 0.6) is 5.75 Å². The molecule has 1 unspecified atom stereocenters. The maximum absolute atomic E-state index is 12.6. The fourth-order valence-corrected chi connectivity index (χ4v) is 3.26. The number of nitrogens with one attached hydrogen (secondary N) is 1. The molecule has 1 aromatic rings. The number of hydrogen-bond acceptors (Lipinski definition) is 3. The van der Waals surface area contributed by atoms with Gasteiger partial charge in [0, 0.05) is 24.2 Å². The summed E-state index contributed by atoms with van der Waals surface area (Å²) in [5, 5.41) is 3.91. The van der Waals surface area contributed by atoms with Crippen molar-refractivity contribution in [2.24, 2.45) is 0 Å². The van der Waals surface area contributed by atoms with E-state index in [1.54, 1.807) is 0 Å². The molecule has 0 spiro atoms. The lowest BCUT2D eigenvalue weighted by Gasteiger charge is -2.32. The highest BCUT2D eigenvalue weighted by atomic mass is 35.5. The maximum Gasteiger partial charge on any atom is 0.261 e. The Hall–Kier alpha value is -1.26. The molecule has 1 N–H and O–H groups in total. The molecular weight excluding hydrogens is 324 g/mol. The van der Waals surface area contributed by atoms with Crippen LogP contribution in [0.25, 0.3) is 0 Å². The summed E-state index contributed by atoms with van der Waals surface area (Å²) in [7, 11) is 0. The smallest absolute Gasteiger partial charge is 0.261 e. The monoisotopic (exact) mass is 352 g/mol. The summed E-state index contributed by atoms with van der Waals surface area (Å²) < 4.78 is 5.94. The average molecular weight is 353 g/mol. The zero-order chi connectivity index (χ0) is 17.7. The number of likely N-dealkylation sites (tertiary alicyclic amines) is 1. The van der Waals surface area contributed by atoms with Gasteiger partial charge in [0.2, 0.25) is 0 Å². The van der Waals surface area contributed by atoms with Crippen molar-refractivity contribution >= 4 is 17.5 Å².